The molecule has 2 aromatic carbocycles. The number of rotatable bonds is 6. The van der Waals surface area contributed by atoms with Crippen molar-refractivity contribution >= 4 is 28.1 Å². The molecule has 0 spiro atoms. The maximum atomic E-state index is 13.0. The third kappa shape index (κ3) is 4.23. The molecule has 8 heteroatoms. The van der Waals surface area contributed by atoms with E-state index in [9.17, 15) is 9.59 Å². The van der Waals surface area contributed by atoms with Crippen molar-refractivity contribution in [3.8, 4) is 5.75 Å². The molecule has 152 valence electrons. The lowest BCUT2D eigenvalue weighted by atomic mass is 10.1. The highest BCUT2D eigenvalue weighted by Crippen LogP contribution is 2.22. The number of hydrogen-bond acceptors (Lipinski definition) is 6. The highest BCUT2D eigenvalue weighted by Gasteiger charge is 2.18. The number of para-hydroxylation sites is 2. The van der Waals surface area contributed by atoms with Crippen molar-refractivity contribution in [3.05, 3.63) is 86.4 Å². The first-order valence-corrected chi connectivity index (χ1v) is 10.3. The van der Waals surface area contributed by atoms with Gasteiger partial charge in [0.15, 0.2) is 0 Å². The first-order chi connectivity index (χ1) is 14.5. The molecular formula is C22H20N4O3S. The van der Waals surface area contributed by atoms with Crippen LogP contribution in [0.15, 0.2) is 58.7 Å². The number of ether oxygens (including phenoxy) is 1. The summed E-state index contributed by atoms with van der Waals surface area (Å²) >= 11 is 1.56. The van der Waals surface area contributed by atoms with Gasteiger partial charge in [-0.1, -0.05) is 24.3 Å². The molecule has 0 radical (unpaired) electrons. The van der Waals surface area contributed by atoms with Crippen molar-refractivity contribution in [3.63, 3.8) is 0 Å². The quantitative estimate of drug-likeness (QED) is 0.515. The lowest BCUT2D eigenvalue weighted by Crippen LogP contribution is -2.28. The minimum Gasteiger partial charge on any atom is -0.486 e. The SMILES string of the molecule is Cc1nc(COc2ccccc2C(=O)N(C)Cc2nc3ccccc3c(=O)[nH]2)cs1. The number of amides is 1. The molecule has 1 N–H and O–H groups in total. The number of H-pyrrole nitrogens is 1. The van der Waals surface area contributed by atoms with Gasteiger partial charge in [-0.25, -0.2) is 9.97 Å². The Balaban J connectivity index is 1.52. The summed E-state index contributed by atoms with van der Waals surface area (Å²) in [6, 6.07) is 14.2. The van der Waals surface area contributed by atoms with Crippen LogP contribution in [0.3, 0.4) is 0 Å². The Morgan fingerprint density at radius 3 is 2.70 bits per heavy atom. The number of carbonyl (C=O) groups is 1. The Bertz CT molecular complexity index is 1260. The molecule has 0 unspecified atom stereocenters. The van der Waals surface area contributed by atoms with Gasteiger partial charge < -0.3 is 14.6 Å². The highest BCUT2D eigenvalue weighted by atomic mass is 32.1. The van der Waals surface area contributed by atoms with Gasteiger partial charge in [-0.15, -0.1) is 11.3 Å². The van der Waals surface area contributed by atoms with Crippen LogP contribution in [0.2, 0.25) is 0 Å². The van der Waals surface area contributed by atoms with Crippen LogP contribution in [0.1, 0.15) is 26.9 Å². The van der Waals surface area contributed by atoms with Crippen molar-refractivity contribution in [1.29, 1.82) is 0 Å². The van der Waals surface area contributed by atoms with Gasteiger partial charge in [-0.3, -0.25) is 9.59 Å². The van der Waals surface area contributed by atoms with E-state index in [-0.39, 0.29) is 24.6 Å². The van der Waals surface area contributed by atoms with Crippen LogP contribution < -0.4 is 10.3 Å². The third-order valence-electron chi connectivity index (χ3n) is 4.56. The molecule has 4 rings (SSSR count). The number of fused-ring (bicyclic) bond motifs is 1. The average molecular weight is 420 g/mol. The second kappa shape index (κ2) is 8.46. The first kappa shape index (κ1) is 19.8. The van der Waals surface area contributed by atoms with Crippen LogP contribution in [0.25, 0.3) is 10.9 Å². The zero-order chi connectivity index (χ0) is 21.1. The second-order valence-electron chi connectivity index (χ2n) is 6.83. The topological polar surface area (TPSA) is 88.2 Å². The Morgan fingerprint density at radius 1 is 1.13 bits per heavy atom. The first-order valence-electron chi connectivity index (χ1n) is 9.37. The predicted molar refractivity (Wildman–Crippen MR) is 116 cm³/mol. The summed E-state index contributed by atoms with van der Waals surface area (Å²) in [5.74, 6) is 0.682. The summed E-state index contributed by atoms with van der Waals surface area (Å²) in [7, 11) is 1.66. The molecule has 0 fully saturated rings. The van der Waals surface area contributed by atoms with Gasteiger partial charge in [0.1, 0.15) is 18.2 Å². The van der Waals surface area contributed by atoms with E-state index >= 15 is 0 Å². The number of carbonyl (C=O) groups excluding carboxylic acids is 1. The van der Waals surface area contributed by atoms with Crippen molar-refractivity contribution in [2.75, 3.05) is 7.05 Å². The van der Waals surface area contributed by atoms with E-state index in [2.05, 4.69) is 15.0 Å². The molecule has 2 heterocycles. The molecule has 0 bridgehead atoms. The van der Waals surface area contributed by atoms with Gasteiger partial charge in [0.2, 0.25) is 0 Å². The fourth-order valence-corrected chi connectivity index (χ4v) is 3.70. The van der Waals surface area contributed by atoms with Gasteiger partial charge in [-0.2, -0.15) is 0 Å². The standard InChI is InChI=1S/C22H20N4O3S/c1-14-23-15(13-30-14)12-29-19-10-6-4-8-17(19)22(28)26(2)11-20-24-18-9-5-3-7-16(18)21(27)25-20/h3-10,13H,11-12H2,1-2H3,(H,24,25,27). The fourth-order valence-electron chi connectivity index (χ4n) is 3.11. The number of aromatic amines is 1. The van der Waals surface area contributed by atoms with Crippen LogP contribution in [0.5, 0.6) is 5.75 Å². The molecule has 0 atom stereocenters. The monoisotopic (exact) mass is 420 g/mol. The van der Waals surface area contributed by atoms with E-state index in [0.29, 0.717) is 28.0 Å². The van der Waals surface area contributed by atoms with E-state index in [1.165, 1.54) is 4.90 Å². The van der Waals surface area contributed by atoms with Crippen molar-refractivity contribution < 1.29 is 9.53 Å². The third-order valence-corrected chi connectivity index (χ3v) is 5.38. The summed E-state index contributed by atoms with van der Waals surface area (Å²) in [5, 5.41) is 3.43. The zero-order valence-corrected chi connectivity index (χ0v) is 17.4. The number of aryl methyl sites for hydroxylation is 1. The highest BCUT2D eigenvalue weighted by molar-refractivity contribution is 7.09. The number of nitrogens with one attached hydrogen (secondary N) is 1. The van der Waals surface area contributed by atoms with E-state index in [0.717, 1.165) is 10.7 Å². The van der Waals surface area contributed by atoms with Gasteiger partial charge in [0, 0.05) is 12.4 Å². The van der Waals surface area contributed by atoms with Crippen LogP contribution in [0.4, 0.5) is 0 Å². The molecule has 0 aliphatic rings. The summed E-state index contributed by atoms with van der Waals surface area (Å²) < 4.78 is 5.86. The Hall–Kier alpha value is -3.52. The van der Waals surface area contributed by atoms with Gasteiger partial charge in [0.05, 0.1) is 33.7 Å². The normalized spacial score (nSPS) is 10.9. The molecular weight excluding hydrogens is 400 g/mol. The van der Waals surface area contributed by atoms with Gasteiger partial charge in [-0.05, 0) is 31.2 Å². The average Bonchev–Trinajstić information content (AvgIpc) is 3.17. The lowest BCUT2D eigenvalue weighted by Gasteiger charge is -2.18. The van der Waals surface area contributed by atoms with E-state index in [1.807, 2.05) is 24.4 Å². The number of nitrogens with zero attached hydrogens (tertiary/aromatic N) is 3. The zero-order valence-electron chi connectivity index (χ0n) is 16.6. The Morgan fingerprint density at radius 2 is 1.90 bits per heavy atom. The van der Waals surface area contributed by atoms with Crippen LogP contribution >= 0.6 is 11.3 Å². The van der Waals surface area contributed by atoms with E-state index in [1.54, 1.807) is 54.8 Å². The Labute approximate surface area is 177 Å². The molecule has 0 saturated carbocycles. The number of hydrogen-bond donors (Lipinski definition) is 1. The molecule has 7 nitrogen and oxygen atoms in total. The lowest BCUT2D eigenvalue weighted by molar-refractivity contribution is 0.0776. The Kier molecular flexibility index (Phi) is 5.58. The van der Waals surface area contributed by atoms with E-state index in [4.69, 9.17) is 4.74 Å². The summed E-state index contributed by atoms with van der Waals surface area (Å²) in [6.07, 6.45) is 0. The molecule has 4 aromatic rings. The molecule has 0 aliphatic carbocycles. The van der Waals surface area contributed by atoms with Gasteiger partial charge >= 0.3 is 0 Å². The van der Waals surface area contributed by atoms with Crippen molar-refractivity contribution in [2.24, 2.45) is 0 Å². The van der Waals surface area contributed by atoms with Crippen LogP contribution in [-0.2, 0) is 13.2 Å². The fraction of sp³-hybridized carbons (Fsp3) is 0.182. The number of thiazole rings is 1. The van der Waals surface area contributed by atoms with Gasteiger partial charge in [0.25, 0.3) is 11.5 Å². The minimum atomic E-state index is -0.226. The van der Waals surface area contributed by atoms with Crippen LogP contribution in [-0.4, -0.2) is 32.8 Å². The molecule has 2 aromatic heterocycles. The maximum Gasteiger partial charge on any atom is 0.258 e. The van der Waals surface area contributed by atoms with E-state index < -0.39 is 0 Å². The summed E-state index contributed by atoms with van der Waals surface area (Å²) in [4.78, 5) is 38.4. The maximum absolute atomic E-state index is 13.0. The molecule has 30 heavy (non-hydrogen) atoms. The smallest absolute Gasteiger partial charge is 0.258 e. The van der Waals surface area contributed by atoms with Crippen molar-refractivity contribution in [1.82, 2.24) is 19.9 Å². The van der Waals surface area contributed by atoms with Crippen LogP contribution in [0, 0.1) is 6.92 Å². The molecule has 1 amide bonds. The number of aromatic nitrogens is 3. The minimum absolute atomic E-state index is 0.165. The van der Waals surface area contributed by atoms with Crippen molar-refractivity contribution in [2.45, 2.75) is 20.1 Å². The number of benzene rings is 2. The molecule has 0 aliphatic heterocycles. The largest absolute Gasteiger partial charge is 0.486 e. The predicted octanol–water partition coefficient (Wildman–Crippen LogP) is 3.54. The molecule has 0 saturated heterocycles. The summed E-state index contributed by atoms with van der Waals surface area (Å²) in [5.41, 5.74) is 1.64. The second-order valence-corrected chi connectivity index (χ2v) is 7.90. The summed E-state index contributed by atoms with van der Waals surface area (Å²) in [6.45, 7) is 2.39.